The summed E-state index contributed by atoms with van der Waals surface area (Å²) in [4.78, 5) is 15.8. The summed E-state index contributed by atoms with van der Waals surface area (Å²) in [6.45, 7) is 12.1. The van der Waals surface area contributed by atoms with Crippen LogP contribution in [0, 0.1) is 0 Å². The molecule has 0 aliphatic rings. The van der Waals surface area contributed by atoms with Crippen LogP contribution in [0.2, 0.25) is 0 Å². The molecular weight excluding hydrogens is 254 g/mol. The van der Waals surface area contributed by atoms with E-state index < -0.39 is 11.7 Å². The van der Waals surface area contributed by atoms with E-state index in [-0.39, 0.29) is 5.54 Å². The van der Waals surface area contributed by atoms with Gasteiger partial charge in [0.1, 0.15) is 11.4 Å². The van der Waals surface area contributed by atoms with Crippen LogP contribution >= 0.6 is 0 Å². The molecule has 2 N–H and O–H groups in total. The molecular formula is C15H25N3O2. The molecule has 1 heterocycles. The van der Waals surface area contributed by atoms with E-state index in [9.17, 15) is 4.79 Å². The molecule has 0 atom stereocenters. The predicted octanol–water partition coefficient (Wildman–Crippen LogP) is 3.32. The summed E-state index contributed by atoms with van der Waals surface area (Å²) >= 11 is 0. The van der Waals surface area contributed by atoms with E-state index in [1.807, 2.05) is 32.9 Å². The Balaban J connectivity index is 2.48. The van der Waals surface area contributed by atoms with Crippen molar-refractivity contribution in [1.82, 2.24) is 10.3 Å². The predicted molar refractivity (Wildman–Crippen MR) is 80.7 cm³/mol. The number of ether oxygens (including phenoxy) is 1. The molecule has 0 bridgehead atoms. The number of hydrogen-bond acceptors (Lipinski definition) is 4. The van der Waals surface area contributed by atoms with Gasteiger partial charge in [0.2, 0.25) is 0 Å². The van der Waals surface area contributed by atoms with Gasteiger partial charge in [-0.25, -0.2) is 9.78 Å². The zero-order chi connectivity index (χ0) is 15.4. The fourth-order valence-corrected chi connectivity index (χ4v) is 1.48. The van der Waals surface area contributed by atoms with E-state index >= 15 is 0 Å². The Hall–Kier alpha value is -1.78. The SMILES string of the molecule is CC(C)(C)Nc1ccc(CNC(=O)OC(C)(C)C)cn1. The van der Waals surface area contributed by atoms with Gasteiger partial charge in [0, 0.05) is 18.3 Å². The van der Waals surface area contributed by atoms with Crippen molar-refractivity contribution in [3.63, 3.8) is 0 Å². The third-order valence-corrected chi connectivity index (χ3v) is 2.16. The van der Waals surface area contributed by atoms with Crippen LogP contribution in [0.5, 0.6) is 0 Å². The summed E-state index contributed by atoms with van der Waals surface area (Å²) in [5, 5.41) is 5.98. The van der Waals surface area contributed by atoms with Gasteiger partial charge in [0.15, 0.2) is 0 Å². The van der Waals surface area contributed by atoms with Crippen LogP contribution in [-0.4, -0.2) is 22.2 Å². The minimum Gasteiger partial charge on any atom is -0.444 e. The number of anilines is 1. The molecule has 1 aromatic rings. The maximum atomic E-state index is 11.5. The van der Waals surface area contributed by atoms with E-state index in [0.29, 0.717) is 6.54 Å². The summed E-state index contributed by atoms with van der Waals surface area (Å²) in [7, 11) is 0. The van der Waals surface area contributed by atoms with Gasteiger partial charge in [-0.05, 0) is 53.2 Å². The van der Waals surface area contributed by atoms with Crippen molar-refractivity contribution in [3.05, 3.63) is 23.9 Å². The van der Waals surface area contributed by atoms with Crippen molar-refractivity contribution in [2.75, 3.05) is 5.32 Å². The lowest BCUT2D eigenvalue weighted by Gasteiger charge is -2.21. The Morgan fingerprint density at radius 3 is 2.30 bits per heavy atom. The molecule has 1 aromatic heterocycles. The third kappa shape index (κ3) is 6.97. The zero-order valence-electron chi connectivity index (χ0n) is 13.2. The van der Waals surface area contributed by atoms with Gasteiger partial charge in [-0.2, -0.15) is 0 Å². The zero-order valence-corrected chi connectivity index (χ0v) is 13.2. The smallest absolute Gasteiger partial charge is 0.407 e. The molecule has 5 nitrogen and oxygen atoms in total. The molecule has 112 valence electrons. The van der Waals surface area contributed by atoms with E-state index in [1.165, 1.54) is 0 Å². The molecule has 0 aromatic carbocycles. The first-order valence-electron chi connectivity index (χ1n) is 6.75. The molecule has 0 radical (unpaired) electrons. The first-order chi connectivity index (χ1) is 9.05. The highest BCUT2D eigenvalue weighted by Crippen LogP contribution is 2.12. The van der Waals surface area contributed by atoms with Gasteiger partial charge in [0.05, 0.1) is 0 Å². The van der Waals surface area contributed by atoms with Crippen molar-refractivity contribution in [1.29, 1.82) is 0 Å². The molecule has 0 saturated heterocycles. The number of pyridine rings is 1. The topological polar surface area (TPSA) is 63.2 Å². The van der Waals surface area contributed by atoms with Gasteiger partial charge in [0.25, 0.3) is 0 Å². The van der Waals surface area contributed by atoms with Gasteiger partial charge in [-0.3, -0.25) is 0 Å². The minimum atomic E-state index is -0.483. The Morgan fingerprint density at radius 1 is 1.20 bits per heavy atom. The fourth-order valence-electron chi connectivity index (χ4n) is 1.48. The summed E-state index contributed by atoms with van der Waals surface area (Å²) in [6, 6.07) is 3.83. The standard InChI is InChI=1S/C15H25N3O2/c1-14(2,3)18-12-8-7-11(9-16-12)10-17-13(19)20-15(4,5)6/h7-9H,10H2,1-6H3,(H,16,18)(H,17,19). The molecule has 1 amide bonds. The van der Waals surface area contributed by atoms with E-state index in [1.54, 1.807) is 6.20 Å². The Bertz CT molecular complexity index is 442. The van der Waals surface area contributed by atoms with Crippen molar-refractivity contribution >= 4 is 11.9 Å². The monoisotopic (exact) mass is 279 g/mol. The third-order valence-electron chi connectivity index (χ3n) is 2.16. The molecule has 0 aliphatic heterocycles. The minimum absolute atomic E-state index is 0.0245. The lowest BCUT2D eigenvalue weighted by Crippen LogP contribution is -2.32. The number of hydrogen-bond donors (Lipinski definition) is 2. The summed E-state index contributed by atoms with van der Waals surface area (Å²) < 4.78 is 5.17. The lowest BCUT2D eigenvalue weighted by molar-refractivity contribution is 0.0523. The lowest BCUT2D eigenvalue weighted by atomic mass is 10.1. The van der Waals surface area contributed by atoms with Crippen LogP contribution in [0.3, 0.4) is 0 Å². The van der Waals surface area contributed by atoms with Crippen LogP contribution in [0.25, 0.3) is 0 Å². The second-order valence-electron chi connectivity index (χ2n) is 6.78. The maximum Gasteiger partial charge on any atom is 0.407 e. The van der Waals surface area contributed by atoms with Crippen LogP contribution in [0.4, 0.5) is 10.6 Å². The number of aromatic nitrogens is 1. The summed E-state index contributed by atoms with van der Waals surface area (Å²) in [5.74, 6) is 0.818. The second-order valence-corrected chi connectivity index (χ2v) is 6.78. The Morgan fingerprint density at radius 2 is 1.85 bits per heavy atom. The van der Waals surface area contributed by atoms with Crippen LogP contribution in [-0.2, 0) is 11.3 Å². The highest BCUT2D eigenvalue weighted by atomic mass is 16.6. The van der Waals surface area contributed by atoms with Crippen molar-refractivity contribution in [2.24, 2.45) is 0 Å². The first kappa shape index (κ1) is 16.3. The fraction of sp³-hybridized carbons (Fsp3) is 0.600. The number of carbonyl (C=O) groups is 1. The number of nitrogens with one attached hydrogen (secondary N) is 2. The molecule has 5 heteroatoms. The number of carbonyl (C=O) groups excluding carboxylic acids is 1. The van der Waals surface area contributed by atoms with Gasteiger partial charge in [-0.15, -0.1) is 0 Å². The van der Waals surface area contributed by atoms with E-state index in [2.05, 4.69) is 36.4 Å². The van der Waals surface area contributed by atoms with Gasteiger partial charge in [-0.1, -0.05) is 6.07 Å². The average Bonchev–Trinajstić information content (AvgIpc) is 2.23. The first-order valence-corrected chi connectivity index (χ1v) is 6.75. The number of rotatable bonds is 3. The second kappa shape index (κ2) is 6.11. The number of nitrogens with zero attached hydrogens (tertiary/aromatic N) is 1. The van der Waals surface area contributed by atoms with Gasteiger partial charge < -0.3 is 15.4 Å². The van der Waals surface area contributed by atoms with Crippen LogP contribution < -0.4 is 10.6 Å². The van der Waals surface area contributed by atoms with Crippen molar-refractivity contribution < 1.29 is 9.53 Å². The van der Waals surface area contributed by atoms with Gasteiger partial charge >= 0.3 is 6.09 Å². The molecule has 0 saturated carbocycles. The van der Waals surface area contributed by atoms with E-state index in [0.717, 1.165) is 11.4 Å². The summed E-state index contributed by atoms with van der Waals surface area (Å²) in [5.41, 5.74) is 0.418. The number of amides is 1. The number of alkyl carbamates (subject to hydrolysis) is 1. The summed E-state index contributed by atoms with van der Waals surface area (Å²) in [6.07, 6.45) is 1.32. The molecule has 0 spiro atoms. The largest absolute Gasteiger partial charge is 0.444 e. The molecule has 0 fully saturated rings. The van der Waals surface area contributed by atoms with Crippen LogP contribution in [0.1, 0.15) is 47.1 Å². The molecule has 20 heavy (non-hydrogen) atoms. The Labute approximate surface area is 121 Å². The van der Waals surface area contributed by atoms with Crippen molar-refractivity contribution in [2.45, 2.75) is 59.2 Å². The molecule has 1 rings (SSSR count). The van der Waals surface area contributed by atoms with Crippen LogP contribution in [0.15, 0.2) is 18.3 Å². The maximum absolute atomic E-state index is 11.5. The van der Waals surface area contributed by atoms with Crippen molar-refractivity contribution in [3.8, 4) is 0 Å². The average molecular weight is 279 g/mol. The van der Waals surface area contributed by atoms with E-state index in [4.69, 9.17) is 4.74 Å². The highest BCUT2D eigenvalue weighted by molar-refractivity contribution is 5.67. The normalized spacial score (nSPS) is 11.9. The Kier molecular flexibility index (Phi) is 4.98. The highest BCUT2D eigenvalue weighted by Gasteiger charge is 2.15. The molecule has 0 aliphatic carbocycles. The molecule has 0 unspecified atom stereocenters. The quantitative estimate of drug-likeness (QED) is 0.891.